The van der Waals surface area contributed by atoms with E-state index in [0.717, 1.165) is 19.4 Å². The second kappa shape index (κ2) is 4.53. The van der Waals surface area contributed by atoms with Gasteiger partial charge in [-0.05, 0) is 34.1 Å². The number of benzene rings is 1. The molecule has 0 spiro atoms. The normalized spacial score (nSPS) is 10.7. The van der Waals surface area contributed by atoms with Gasteiger partial charge in [0.2, 0.25) is 0 Å². The average Bonchev–Trinajstić information content (AvgIpc) is 2.64. The molecule has 0 aliphatic carbocycles. The van der Waals surface area contributed by atoms with Gasteiger partial charge in [-0.25, -0.2) is 4.79 Å². The first kappa shape index (κ1) is 11.6. The van der Waals surface area contributed by atoms with Gasteiger partial charge >= 0.3 is 5.97 Å². The summed E-state index contributed by atoms with van der Waals surface area (Å²) in [6.07, 6.45) is 0. The largest absolute Gasteiger partial charge is 0.465 e. The molecule has 0 saturated heterocycles. The standard InChI is InChI=1S/C11H9BrO3S/c1-15-11(14)6-2-3-8-7(4-6)10(12)9(5-13)16-8/h2-4,13H,5H2,1H3. The van der Waals surface area contributed by atoms with Crippen LogP contribution in [0, 0.1) is 0 Å². The van der Waals surface area contributed by atoms with Crippen molar-refractivity contribution >= 4 is 43.3 Å². The predicted molar refractivity (Wildman–Crippen MR) is 66.8 cm³/mol. The molecule has 2 rings (SSSR count). The van der Waals surface area contributed by atoms with Crippen LogP contribution in [0.1, 0.15) is 15.2 Å². The second-order valence-electron chi connectivity index (χ2n) is 3.20. The number of aliphatic hydroxyl groups excluding tert-OH is 1. The van der Waals surface area contributed by atoms with Crippen LogP contribution in [-0.2, 0) is 11.3 Å². The van der Waals surface area contributed by atoms with E-state index >= 15 is 0 Å². The molecule has 0 saturated carbocycles. The molecule has 5 heteroatoms. The lowest BCUT2D eigenvalue weighted by Gasteiger charge is -1.99. The Morgan fingerprint density at radius 3 is 2.94 bits per heavy atom. The molecule has 0 radical (unpaired) electrons. The third-order valence-corrected chi connectivity index (χ3v) is 4.58. The van der Waals surface area contributed by atoms with Crippen LogP contribution in [0.2, 0.25) is 0 Å². The van der Waals surface area contributed by atoms with Gasteiger partial charge in [-0.2, -0.15) is 0 Å². The Morgan fingerprint density at radius 2 is 2.31 bits per heavy atom. The number of carbonyl (C=O) groups excluding carboxylic acids is 1. The molecule has 1 aromatic carbocycles. The molecule has 0 bridgehead atoms. The summed E-state index contributed by atoms with van der Waals surface area (Å²) in [4.78, 5) is 12.2. The summed E-state index contributed by atoms with van der Waals surface area (Å²) in [7, 11) is 1.36. The Morgan fingerprint density at radius 1 is 1.56 bits per heavy atom. The number of carbonyl (C=O) groups is 1. The number of hydrogen-bond acceptors (Lipinski definition) is 4. The fraction of sp³-hybridized carbons (Fsp3) is 0.182. The quantitative estimate of drug-likeness (QED) is 0.868. The number of ether oxygens (including phenoxy) is 1. The zero-order valence-corrected chi connectivity index (χ0v) is 10.9. The Hall–Kier alpha value is -0.910. The maximum absolute atomic E-state index is 11.4. The van der Waals surface area contributed by atoms with Crippen molar-refractivity contribution in [2.45, 2.75) is 6.61 Å². The van der Waals surface area contributed by atoms with E-state index in [4.69, 9.17) is 5.11 Å². The van der Waals surface area contributed by atoms with Crippen molar-refractivity contribution in [2.24, 2.45) is 0 Å². The van der Waals surface area contributed by atoms with Crippen LogP contribution in [0.4, 0.5) is 0 Å². The fourth-order valence-electron chi connectivity index (χ4n) is 1.46. The zero-order valence-electron chi connectivity index (χ0n) is 8.49. The van der Waals surface area contributed by atoms with Gasteiger partial charge in [0, 0.05) is 19.4 Å². The van der Waals surface area contributed by atoms with Gasteiger partial charge in [0.05, 0.1) is 19.3 Å². The minimum absolute atomic E-state index is 0.00646. The summed E-state index contributed by atoms with van der Waals surface area (Å²) in [6, 6.07) is 5.34. The summed E-state index contributed by atoms with van der Waals surface area (Å²) in [5.41, 5.74) is 0.512. The van der Waals surface area contributed by atoms with Gasteiger partial charge in [-0.1, -0.05) is 0 Å². The Balaban J connectivity index is 2.61. The lowest BCUT2D eigenvalue weighted by molar-refractivity contribution is 0.0601. The van der Waals surface area contributed by atoms with Crippen molar-refractivity contribution in [3.8, 4) is 0 Å². The number of fused-ring (bicyclic) bond motifs is 1. The van der Waals surface area contributed by atoms with Gasteiger partial charge in [0.15, 0.2) is 0 Å². The van der Waals surface area contributed by atoms with Crippen molar-refractivity contribution in [1.29, 1.82) is 0 Å². The molecular formula is C11H9BrO3S. The van der Waals surface area contributed by atoms with Crippen LogP contribution in [0.15, 0.2) is 22.7 Å². The first-order valence-electron chi connectivity index (χ1n) is 4.57. The van der Waals surface area contributed by atoms with E-state index in [1.54, 1.807) is 12.1 Å². The molecule has 1 heterocycles. The Labute approximate surface area is 105 Å². The van der Waals surface area contributed by atoms with E-state index in [-0.39, 0.29) is 12.6 Å². The third kappa shape index (κ3) is 1.86. The molecule has 3 nitrogen and oxygen atoms in total. The monoisotopic (exact) mass is 300 g/mol. The Kier molecular flexibility index (Phi) is 3.28. The van der Waals surface area contributed by atoms with Crippen molar-refractivity contribution in [3.05, 3.63) is 33.1 Å². The molecule has 1 N–H and O–H groups in total. The van der Waals surface area contributed by atoms with Crippen LogP contribution < -0.4 is 0 Å². The molecule has 0 fully saturated rings. The van der Waals surface area contributed by atoms with E-state index in [1.165, 1.54) is 18.4 Å². The fourth-order valence-corrected chi connectivity index (χ4v) is 3.23. The number of hydrogen-bond donors (Lipinski definition) is 1. The van der Waals surface area contributed by atoms with Crippen molar-refractivity contribution in [3.63, 3.8) is 0 Å². The lowest BCUT2D eigenvalue weighted by atomic mass is 10.1. The van der Waals surface area contributed by atoms with Gasteiger partial charge in [0.1, 0.15) is 0 Å². The summed E-state index contributed by atoms with van der Waals surface area (Å²) < 4.78 is 6.54. The second-order valence-corrected chi connectivity index (χ2v) is 5.13. The van der Waals surface area contributed by atoms with Gasteiger partial charge in [-0.3, -0.25) is 0 Å². The van der Waals surface area contributed by atoms with E-state index in [9.17, 15) is 4.79 Å². The molecule has 0 aliphatic rings. The van der Waals surface area contributed by atoms with Crippen LogP contribution in [0.3, 0.4) is 0 Å². The van der Waals surface area contributed by atoms with E-state index in [0.29, 0.717) is 5.56 Å². The number of esters is 1. The highest BCUT2D eigenvalue weighted by atomic mass is 79.9. The van der Waals surface area contributed by atoms with Crippen LogP contribution in [0.25, 0.3) is 10.1 Å². The minimum atomic E-state index is -0.356. The number of thiophene rings is 1. The van der Waals surface area contributed by atoms with E-state index < -0.39 is 0 Å². The molecule has 84 valence electrons. The third-order valence-electron chi connectivity index (χ3n) is 2.26. The first-order chi connectivity index (χ1) is 7.67. The summed E-state index contributed by atoms with van der Waals surface area (Å²) in [6.45, 7) is -0.00646. The maximum Gasteiger partial charge on any atom is 0.337 e. The number of halogens is 1. The molecule has 16 heavy (non-hydrogen) atoms. The average molecular weight is 301 g/mol. The molecule has 0 unspecified atom stereocenters. The molecular weight excluding hydrogens is 292 g/mol. The van der Waals surface area contributed by atoms with Crippen LogP contribution in [-0.4, -0.2) is 18.2 Å². The predicted octanol–water partition coefficient (Wildman–Crippen LogP) is 2.94. The number of rotatable bonds is 2. The van der Waals surface area contributed by atoms with Crippen molar-refractivity contribution in [1.82, 2.24) is 0 Å². The van der Waals surface area contributed by atoms with Crippen molar-refractivity contribution in [2.75, 3.05) is 7.11 Å². The van der Waals surface area contributed by atoms with Gasteiger partial charge in [0.25, 0.3) is 0 Å². The Bertz CT molecular complexity index is 547. The highest BCUT2D eigenvalue weighted by Crippen LogP contribution is 2.36. The van der Waals surface area contributed by atoms with Crippen molar-refractivity contribution < 1.29 is 14.6 Å². The topological polar surface area (TPSA) is 46.5 Å². The molecule has 1 aromatic heterocycles. The number of methoxy groups -OCH3 is 1. The zero-order chi connectivity index (χ0) is 11.7. The summed E-state index contributed by atoms with van der Waals surface area (Å²) >= 11 is 4.92. The highest BCUT2D eigenvalue weighted by Gasteiger charge is 2.12. The molecule has 0 atom stereocenters. The molecule has 2 aromatic rings. The summed E-state index contributed by atoms with van der Waals surface area (Å²) in [5.74, 6) is -0.356. The lowest BCUT2D eigenvalue weighted by Crippen LogP contribution is -2.00. The highest BCUT2D eigenvalue weighted by molar-refractivity contribution is 9.10. The van der Waals surface area contributed by atoms with E-state index in [1.807, 2.05) is 6.07 Å². The van der Waals surface area contributed by atoms with Gasteiger partial charge < -0.3 is 9.84 Å². The maximum atomic E-state index is 11.4. The first-order valence-corrected chi connectivity index (χ1v) is 6.18. The van der Waals surface area contributed by atoms with Gasteiger partial charge in [-0.15, -0.1) is 11.3 Å². The van der Waals surface area contributed by atoms with E-state index in [2.05, 4.69) is 20.7 Å². The van der Waals surface area contributed by atoms with Crippen LogP contribution >= 0.6 is 27.3 Å². The SMILES string of the molecule is COC(=O)c1ccc2sc(CO)c(Br)c2c1. The number of aliphatic hydroxyl groups is 1. The summed E-state index contributed by atoms with van der Waals surface area (Å²) in [5, 5.41) is 10.1. The minimum Gasteiger partial charge on any atom is -0.465 e. The smallest absolute Gasteiger partial charge is 0.337 e. The molecule has 0 aliphatic heterocycles. The van der Waals surface area contributed by atoms with Crippen LogP contribution in [0.5, 0.6) is 0 Å². The molecule has 0 amide bonds.